The van der Waals surface area contributed by atoms with Crippen molar-refractivity contribution in [3.05, 3.63) is 18.1 Å². The van der Waals surface area contributed by atoms with Crippen LogP contribution in [-0.4, -0.2) is 49.6 Å². The monoisotopic (exact) mass is 335 g/mol. The number of amides is 2. The lowest BCUT2D eigenvalue weighted by molar-refractivity contribution is 0.0556. The first-order valence-electron chi connectivity index (χ1n) is 8.09. The molecule has 8 heteroatoms. The molecule has 0 unspecified atom stereocenters. The molecule has 1 aliphatic rings. The van der Waals surface area contributed by atoms with Crippen LogP contribution >= 0.6 is 0 Å². The van der Waals surface area contributed by atoms with Crippen molar-refractivity contribution in [2.24, 2.45) is 5.73 Å². The van der Waals surface area contributed by atoms with Crippen molar-refractivity contribution in [3.8, 4) is 0 Å². The Morgan fingerprint density at radius 1 is 1.21 bits per heavy atom. The summed E-state index contributed by atoms with van der Waals surface area (Å²) >= 11 is 0. The summed E-state index contributed by atoms with van der Waals surface area (Å²) in [5, 5.41) is 12.8. The van der Waals surface area contributed by atoms with Crippen LogP contribution < -0.4 is 11.1 Å². The Balaban J connectivity index is 1.92. The van der Waals surface area contributed by atoms with Gasteiger partial charge < -0.3 is 21.1 Å². The second-order valence-electron chi connectivity index (χ2n) is 7.12. The van der Waals surface area contributed by atoms with Gasteiger partial charge in [-0.15, -0.1) is 0 Å². The minimum Gasteiger partial charge on any atom is -0.465 e. The van der Waals surface area contributed by atoms with Crippen LogP contribution in [0.3, 0.4) is 0 Å². The minimum absolute atomic E-state index is 0.0314. The molecule has 0 aromatic carbocycles. The molecule has 0 saturated heterocycles. The molecule has 0 radical (unpaired) electrons. The highest BCUT2D eigenvalue weighted by atomic mass is 16.4. The second kappa shape index (κ2) is 7.02. The van der Waals surface area contributed by atoms with Crippen LogP contribution in [0.4, 0.5) is 10.6 Å². The smallest absolute Gasteiger partial charge is 0.407 e. The maximum Gasteiger partial charge on any atom is 0.407 e. The van der Waals surface area contributed by atoms with E-state index < -0.39 is 17.5 Å². The first kappa shape index (κ1) is 18.0. The predicted octanol–water partition coefficient (Wildman–Crippen LogP) is 2.08. The van der Waals surface area contributed by atoms with Gasteiger partial charge in [0.25, 0.3) is 5.91 Å². The highest BCUT2D eigenvalue weighted by Gasteiger charge is 2.35. The van der Waals surface area contributed by atoms with Crippen molar-refractivity contribution in [1.29, 1.82) is 0 Å². The summed E-state index contributed by atoms with van der Waals surface area (Å²) in [6, 6.07) is 0.245. The molecule has 0 bridgehead atoms. The SMILES string of the molecule is CC(C)(C)N(C(=O)O)[C@H]1CC[C@H](Nc2cnc(C(N)=O)cn2)CC1. The molecular formula is C16H25N5O3. The molecule has 1 aliphatic carbocycles. The van der Waals surface area contributed by atoms with Gasteiger partial charge in [0, 0.05) is 17.6 Å². The molecule has 8 nitrogen and oxygen atoms in total. The Morgan fingerprint density at radius 3 is 2.25 bits per heavy atom. The molecular weight excluding hydrogens is 310 g/mol. The van der Waals surface area contributed by atoms with Gasteiger partial charge in [-0.05, 0) is 46.5 Å². The Morgan fingerprint density at radius 2 is 1.83 bits per heavy atom. The minimum atomic E-state index is -0.869. The first-order valence-corrected chi connectivity index (χ1v) is 8.09. The molecule has 1 aromatic heterocycles. The molecule has 1 saturated carbocycles. The number of carboxylic acid groups (broad SMARTS) is 1. The van der Waals surface area contributed by atoms with E-state index in [4.69, 9.17) is 5.73 Å². The lowest BCUT2D eigenvalue weighted by atomic mass is 9.88. The molecule has 1 heterocycles. The molecule has 1 aromatic rings. The number of nitrogens with one attached hydrogen (secondary N) is 1. The summed E-state index contributed by atoms with van der Waals surface area (Å²) in [6.45, 7) is 5.75. The number of primary amides is 1. The Bertz CT molecular complexity index is 589. The number of rotatable bonds is 4. The van der Waals surface area contributed by atoms with E-state index >= 15 is 0 Å². The Kier molecular flexibility index (Phi) is 5.26. The van der Waals surface area contributed by atoms with Gasteiger partial charge in [-0.1, -0.05) is 0 Å². The van der Waals surface area contributed by atoms with Crippen molar-refractivity contribution in [1.82, 2.24) is 14.9 Å². The number of nitrogens with two attached hydrogens (primary N) is 1. The molecule has 2 amide bonds. The third kappa shape index (κ3) is 4.33. The summed E-state index contributed by atoms with van der Waals surface area (Å²) in [5.74, 6) is -0.0140. The molecule has 0 spiro atoms. The number of hydrogen-bond acceptors (Lipinski definition) is 5. The molecule has 0 atom stereocenters. The standard InChI is InChI=1S/C16H25N5O3/c1-16(2,3)21(15(23)24)11-6-4-10(5-7-11)20-13-9-18-12(8-19-13)14(17)22/h8-11H,4-7H2,1-3H3,(H2,17,22)(H,19,20)(H,23,24)/t10-,11-. The van der Waals surface area contributed by atoms with E-state index in [9.17, 15) is 14.7 Å². The van der Waals surface area contributed by atoms with Crippen LogP contribution in [0.1, 0.15) is 56.9 Å². The molecule has 0 aliphatic heterocycles. The predicted molar refractivity (Wildman–Crippen MR) is 89.8 cm³/mol. The van der Waals surface area contributed by atoms with E-state index in [-0.39, 0.29) is 17.8 Å². The second-order valence-corrected chi connectivity index (χ2v) is 7.12. The van der Waals surface area contributed by atoms with Gasteiger partial charge >= 0.3 is 6.09 Å². The van der Waals surface area contributed by atoms with Crippen molar-refractivity contribution in [3.63, 3.8) is 0 Å². The number of carbonyl (C=O) groups is 2. The van der Waals surface area contributed by atoms with E-state index in [1.165, 1.54) is 12.4 Å². The lowest BCUT2D eigenvalue weighted by Crippen LogP contribution is -2.52. The van der Waals surface area contributed by atoms with Gasteiger partial charge in [-0.2, -0.15) is 0 Å². The Labute approximate surface area is 141 Å². The number of carbonyl (C=O) groups excluding carboxylic acids is 1. The average Bonchev–Trinajstić information content (AvgIpc) is 2.48. The molecule has 132 valence electrons. The average molecular weight is 335 g/mol. The number of anilines is 1. The number of hydrogen-bond donors (Lipinski definition) is 3. The highest BCUT2D eigenvalue weighted by molar-refractivity contribution is 5.90. The zero-order chi connectivity index (χ0) is 17.9. The number of aromatic nitrogens is 2. The van der Waals surface area contributed by atoms with Crippen LogP contribution in [0, 0.1) is 0 Å². The van der Waals surface area contributed by atoms with Gasteiger partial charge in [0.15, 0.2) is 0 Å². The fourth-order valence-electron chi connectivity index (χ4n) is 3.21. The van der Waals surface area contributed by atoms with Crippen molar-refractivity contribution < 1.29 is 14.7 Å². The summed E-state index contributed by atoms with van der Waals surface area (Å²) in [4.78, 5) is 32.2. The molecule has 1 fully saturated rings. The van der Waals surface area contributed by atoms with Crippen LogP contribution in [0.2, 0.25) is 0 Å². The van der Waals surface area contributed by atoms with Crippen molar-refractivity contribution in [2.45, 2.75) is 64.1 Å². The fourth-order valence-corrected chi connectivity index (χ4v) is 3.21. The molecule has 4 N–H and O–H groups in total. The summed E-state index contributed by atoms with van der Waals surface area (Å²) in [5.41, 5.74) is 4.86. The van der Waals surface area contributed by atoms with Crippen molar-refractivity contribution in [2.75, 3.05) is 5.32 Å². The van der Waals surface area contributed by atoms with Gasteiger partial charge in [0.05, 0.1) is 12.4 Å². The highest BCUT2D eigenvalue weighted by Crippen LogP contribution is 2.29. The maximum atomic E-state index is 11.6. The topological polar surface area (TPSA) is 121 Å². The van der Waals surface area contributed by atoms with Crippen LogP contribution in [0.25, 0.3) is 0 Å². The van der Waals surface area contributed by atoms with Gasteiger partial charge in [0.1, 0.15) is 11.5 Å². The van der Waals surface area contributed by atoms with Crippen LogP contribution in [0.5, 0.6) is 0 Å². The zero-order valence-electron chi connectivity index (χ0n) is 14.3. The van der Waals surface area contributed by atoms with Gasteiger partial charge in [-0.25, -0.2) is 14.8 Å². The third-order valence-electron chi connectivity index (χ3n) is 4.25. The fraction of sp³-hybridized carbons (Fsp3) is 0.625. The summed E-state index contributed by atoms with van der Waals surface area (Å²) in [6.07, 6.45) is 5.27. The normalized spacial score (nSPS) is 21.1. The first-order chi connectivity index (χ1) is 11.2. The Hall–Kier alpha value is -2.38. The van der Waals surface area contributed by atoms with E-state index in [1.54, 1.807) is 4.90 Å². The van der Waals surface area contributed by atoms with Crippen LogP contribution in [0.15, 0.2) is 12.4 Å². The maximum absolute atomic E-state index is 11.6. The zero-order valence-corrected chi connectivity index (χ0v) is 14.3. The van der Waals surface area contributed by atoms with Crippen molar-refractivity contribution >= 4 is 17.8 Å². The van der Waals surface area contributed by atoms with Crippen LogP contribution in [-0.2, 0) is 0 Å². The summed E-state index contributed by atoms with van der Waals surface area (Å²) < 4.78 is 0. The quantitative estimate of drug-likeness (QED) is 0.774. The molecule has 2 rings (SSSR count). The summed E-state index contributed by atoms with van der Waals surface area (Å²) in [7, 11) is 0. The number of nitrogens with zero attached hydrogens (tertiary/aromatic N) is 3. The third-order valence-corrected chi connectivity index (χ3v) is 4.25. The lowest BCUT2D eigenvalue weighted by Gasteiger charge is -2.42. The van der Waals surface area contributed by atoms with E-state index in [2.05, 4.69) is 15.3 Å². The van der Waals surface area contributed by atoms with E-state index in [0.717, 1.165) is 25.7 Å². The van der Waals surface area contributed by atoms with E-state index in [1.807, 2.05) is 20.8 Å². The largest absolute Gasteiger partial charge is 0.465 e. The van der Waals surface area contributed by atoms with Gasteiger partial charge in [-0.3, -0.25) is 4.79 Å². The molecule has 24 heavy (non-hydrogen) atoms. The van der Waals surface area contributed by atoms with Gasteiger partial charge in [0.2, 0.25) is 0 Å². The van der Waals surface area contributed by atoms with E-state index in [0.29, 0.717) is 5.82 Å².